The SMILES string of the molecule is Cc1ccc(CNC(=O)COc2ccccc2CO)cc1. The maximum absolute atomic E-state index is 11.8. The Labute approximate surface area is 124 Å². The number of aliphatic hydroxyl groups excluding tert-OH is 1. The van der Waals surface area contributed by atoms with E-state index in [0.717, 1.165) is 5.56 Å². The molecule has 4 heteroatoms. The summed E-state index contributed by atoms with van der Waals surface area (Å²) in [6, 6.07) is 15.1. The average Bonchev–Trinajstić information content (AvgIpc) is 2.52. The molecule has 0 aliphatic heterocycles. The van der Waals surface area contributed by atoms with Gasteiger partial charge in [0.2, 0.25) is 0 Å². The average molecular weight is 285 g/mol. The number of benzene rings is 2. The second-order valence-corrected chi connectivity index (χ2v) is 4.82. The van der Waals surface area contributed by atoms with Crippen molar-refractivity contribution in [3.63, 3.8) is 0 Å². The second-order valence-electron chi connectivity index (χ2n) is 4.82. The normalized spacial score (nSPS) is 10.2. The van der Waals surface area contributed by atoms with Gasteiger partial charge in [-0.15, -0.1) is 0 Å². The molecule has 0 saturated heterocycles. The fourth-order valence-electron chi connectivity index (χ4n) is 1.88. The predicted octanol–water partition coefficient (Wildman–Crippen LogP) is 2.18. The number of rotatable bonds is 6. The third-order valence-electron chi connectivity index (χ3n) is 3.11. The van der Waals surface area contributed by atoms with Crippen molar-refractivity contribution in [3.05, 3.63) is 65.2 Å². The zero-order valence-corrected chi connectivity index (χ0v) is 12.0. The summed E-state index contributed by atoms with van der Waals surface area (Å²) >= 11 is 0. The lowest BCUT2D eigenvalue weighted by Crippen LogP contribution is -2.28. The van der Waals surface area contributed by atoms with Crippen LogP contribution in [0, 0.1) is 6.92 Å². The molecule has 0 aliphatic carbocycles. The fourth-order valence-corrected chi connectivity index (χ4v) is 1.88. The van der Waals surface area contributed by atoms with E-state index < -0.39 is 0 Å². The minimum absolute atomic E-state index is 0.0666. The Hall–Kier alpha value is -2.33. The molecule has 0 spiro atoms. The van der Waals surface area contributed by atoms with Gasteiger partial charge in [-0.2, -0.15) is 0 Å². The van der Waals surface area contributed by atoms with Crippen LogP contribution in [0.15, 0.2) is 48.5 Å². The van der Waals surface area contributed by atoms with Gasteiger partial charge in [-0.05, 0) is 18.6 Å². The first kappa shape index (κ1) is 15.1. The minimum atomic E-state index is -0.191. The number of para-hydroxylation sites is 1. The fraction of sp³-hybridized carbons (Fsp3) is 0.235. The molecule has 2 rings (SSSR count). The van der Waals surface area contributed by atoms with Crippen molar-refractivity contribution in [2.45, 2.75) is 20.1 Å². The van der Waals surface area contributed by atoms with Gasteiger partial charge < -0.3 is 15.2 Å². The van der Waals surface area contributed by atoms with Crippen LogP contribution in [0.5, 0.6) is 5.75 Å². The summed E-state index contributed by atoms with van der Waals surface area (Å²) in [6.45, 7) is 2.32. The Morgan fingerprint density at radius 2 is 1.86 bits per heavy atom. The molecule has 2 aromatic rings. The third kappa shape index (κ3) is 4.61. The molecular formula is C17H19NO3. The Kier molecular flexibility index (Phi) is 5.35. The van der Waals surface area contributed by atoms with Crippen LogP contribution in [0.1, 0.15) is 16.7 Å². The van der Waals surface area contributed by atoms with Gasteiger partial charge in [0.1, 0.15) is 5.75 Å². The van der Waals surface area contributed by atoms with Gasteiger partial charge in [0.25, 0.3) is 5.91 Å². The molecular weight excluding hydrogens is 266 g/mol. The molecule has 110 valence electrons. The van der Waals surface area contributed by atoms with Gasteiger partial charge in [-0.1, -0.05) is 48.0 Å². The van der Waals surface area contributed by atoms with Crippen molar-refractivity contribution in [2.24, 2.45) is 0 Å². The van der Waals surface area contributed by atoms with Crippen molar-refractivity contribution in [2.75, 3.05) is 6.61 Å². The highest BCUT2D eigenvalue weighted by Crippen LogP contribution is 2.17. The number of aliphatic hydroxyl groups is 1. The molecule has 0 aromatic heterocycles. The van der Waals surface area contributed by atoms with Crippen LogP contribution in [-0.2, 0) is 17.9 Å². The van der Waals surface area contributed by atoms with Crippen molar-refractivity contribution in [1.82, 2.24) is 5.32 Å². The third-order valence-corrected chi connectivity index (χ3v) is 3.11. The van der Waals surface area contributed by atoms with Crippen LogP contribution < -0.4 is 10.1 Å². The molecule has 0 unspecified atom stereocenters. The van der Waals surface area contributed by atoms with Crippen molar-refractivity contribution < 1.29 is 14.6 Å². The molecule has 0 radical (unpaired) electrons. The van der Waals surface area contributed by atoms with Crippen molar-refractivity contribution >= 4 is 5.91 Å². The number of ether oxygens (including phenoxy) is 1. The van der Waals surface area contributed by atoms with E-state index in [1.165, 1.54) is 5.56 Å². The molecule has 2 aromatic carbocycles. The van der Waals surface area contributed by atoms with E-state index in [9.17, 15) is 9.90 Å². The molecule has 0 atom stereocenters. The minimum Gasteiger partial charge on any atom is -0.483 e. The summed E-state index contributed by atoms with van der Waals surface area (Å²) in [5.74, 6) is 0.341. The number of carbonyl (C=O) groups excluding carboxylic acids is 1. The van der Waals surface area contributed by atoms with E-state index in [1.54, 1.807) is 18.2 Å². The molecule has 0 heterocycles. The molecule has 0 bridgehead atoms. The first-order valence-electron chi connectivity index (χ1n) is 6.83. The highest BCUT2D eigenvalue weighted by atomic mass is 16.5. The smallest absolute Gasteiger partial charge is 0.258 e. The number of nitrogens with one attached hydrogen (secondary N) is 1. The highest BCUT2D eigenvalue weighted by molar-refractivity contribution is 5.77. The second kappa shape index (κ2) is 7.45. The van der Waals surface area contributed by atoms with Crippen LogP contribution in [0.3, 0.4) is 0 Å². The molecule has 2 N–H and O–H groups in total. The zero-order chi connectivity index (χ0) is 15.1. The molecule has 0 aliphatic rings. The largest absolute Gasteiger partial charge is 0.483 e. The lowest BCUT2D eigenvalue weighted by atomic mass is 10.1. The number of hydrogen-bond acceptors (Lipinski definition) is 3. The Morgan fingerprint density at radius 3 is 2.57 bits per heavy atom. The molecule has 4 nitrogen and oxygen atoms in total. The number of aryl methyl sites for hydroxylation is 1. The number of hydrogen-bond donors (Lipinski definition) is 2. The van der Waals surface area contributed by atoms with E-state index in [1.807, 2.05) is 37.3 Å². The van der Waals surface area contributed by atoms with Crippen LogP contribution in [-0.4, -0.2) is 17.6 Å². The summed E-state index contributed by atoms with van der Waals surface area (Å²) in [4.78, 5) is 11.8. The van der Waals surface area contributed by atoms with Crippen molar-refractivity contribution in [3.8, 4) is 5.75 Å². The lowest BCUT2D eigenvalue weighted by Gasteiger charge is -2.10. The van der Waals surface area contributed by atoms with Crippen molar-refractivity contribution in [1.29, 1.82) is 0 Å². The van der Waals surface area contributed by atoms with Gasteiger partial charge in [0, 0.05) is 12.1 Å². The standard InChI is InChI=1S/C17H19NO3/c1-13-6-8-14(9-7-13)10-18-17(20)12-21-16-5-3-2-4-15(16)11-19/h2-9,19H,10-12H2,1H3,(H,18,20). The maximum atomic E-state index is 11.8. The first-order chi connectivity index (χ1) is 10.2. The van der Waals surface area contributed by atoms with Gasteiger partial charge in [-0.3, -0.25) is 4.79 Å². The molecule has 0 fully saturated rings. The van der Waals surface area contributed by atoms with Gasteiger partial charge >= 0.3 is 0 Å². The number of amides is 1. The van der Waals surface area contributed by atoms with E-state index in [2.05, 4.69) is 5.32 Å². The summed E-state index contributed by atoms with van der Waals surface area (Å²) in [5.41, 5.74) is 2.91. The summed E-state index contributed by atoms with van der Waals surface area (Å²) in [6.07, 6.45) is 0. The summed E-state index contributed by atoms with van der Waals surface area (Å²) in [5, 5.41) is 12.0. The lowest BCUT2D eigenvalue weighted by molar-refractivity contribution is -0.123. The van der Waals surface area contributed by atoms with Crippen LogP contribution >= 0.6 is 0 Å². The quantitative estimate of drug-likeness (QED) is 0.855. The number of carbonyl (C=O) groups is 1. The van der Waals surface area contributed by atoms with Gasteiger partial charge in [0.05, 0.1) is 6.61 Å². The maximum Gasteiger partial charge on any atom is 0.258 e. The summed E-state index contributed by atoms with van der Waals surface area (Å²) < 4.78 is 5.43. The van der Waals surface area contributed by atoms with Crippen LogP contribution in [0.25, 0.3) is 0 Å². The van der Waals surface area contributed by atoms with Gasteiger partial charge in [-0.25, -0.2) is 0 Å². The molecule has 0 saturated carbocycles. The van der Waals surface area contributed by atoms with E-state index in [4.69, 9.17) is 4.74 Å². The Bertz CT molecular complexity index is 593. The molecule has 21 heavy (non-hydrogen) atoms. The predicted molar refractivity (Wildman–Crippen MR) is 80.9 cm³/mol. The van der Waals surface area contributed by atoms with E-state index in [-0.39, 0.29) is 19.1 Å². The summed E-state index contributed by atoms with van der Waals surface area (Å²) in [7, 11) is 0. The van der Waals surface area contributed by atoms with Crippen LogP contribution in [0.2, 0.25) is 0 Å². The van der Waals surface area contributed by atoms with E-state index in [0.29, 0.717) is 17.9 Å². The first-order valence-corrected chi connectivity index (χ1v) is 6.83. The zero-order valence-electron chi connectivity index (χ0n) is 12.0. The topological polar surface area (TPSA) is 58.6 Å². The Morgan fingerprint density at radius 1 is 1.14 bits per heavy atom. The van der Waals surface area contributed by atoms with Crippen LogP contribution in [0.4, 0.5) is 0 Å². The van der Waals surface area contributed by atoms with E-state index >= 15 is 0 Å². The highest BCUT2D eigenvalue weighted by Gasteiger charge is 2.05. The monoisotopic (exact) mass is 285 g/mol. The molecule has 1 amide bonds. The Balaban J connectivity index is 1.81. The van der Waals surface area contributed by atoms with Gasteiger partial charge in [0.15, 0.2) is 6.61 Å².